The van der Waals surface area contributed by atoms with Gasteiger partial charge in [-0.3, -0.25) is 9.59 Å². The van der Waals surface area contributed by atoms with E-state index in [1.54, 1.807) is 0 Å². The van der Waals surface area contributed by atoms with Gasteiger partial charge in [0.25, 0.3) is 0 Å². The Morgan fingerprint density at radius 3 is 2.12 bits per heavy atom. The zero-order valence-corrected chi connectivity index (χ0v) is 15.1. The summed E-state index contributed by atoms with van der Waals surface area (Å²) in [6.07, 6.45) is 3.07. The molecule has 0 saturated heterocycles. The van der Waals surface area contributed by atoms with E-state index in [4.69, 9.17) is 0 Å². The second-order valence-corrected chi connectivity index (χ2v) is 5.98. The Hall–Kier alpha value is -2.95. The second-order valence-electron chi connectivity index (χ2n) is 5.98. The van der Waals surface area contributed by atoms with Crippen molar-refractivity contribution in [2.45, 2.75) is 39.0 Å². The van der Waals surface area contributed by atoms with E-state index >= 15 is 0 Å². The Kier molecular flexibility index (Phi) is 8.06. The van der Waals surface area contributed by atoms with Crippen LogP contribution in [0.3, 0.4) is 0 Å². The lowest BCUT2D eigenvalue weighted by molar-refractivity contribution is -0.124. The van der Waals surface area contributed by atoms with Crippen LogP contribution in [0.1, 0.15) is 44.6 Å². The molecule has 0 heterocycles. The van der Waals surface area contributed by atoms with Gasteiger partial charge in [-0.25, -0.2) is 5.43 Å². The lowest BCUT2D eigenvalue weighted by Crippen LogP contribution is -2.22. The zero-order valence-electron chi connectivity index (χ0n) is 15.1. The molecule has 2 aromatic carbocycles. The maximum absolute atomic E-state index is 12.0. The number of hydrogen-bond acceptors (Lipinski definition) is 3. The van der Waals surface area contributed by atoms with E-state index in [0.717, 1.165) is 36.2 Å². The number of benzene rings is 2. The molecule has 0 saturated carbocycles. The lowest BCUT2D eigenvalue weighted by atomic mass is 10.1. The van der Waals surface area contributed by atoms with Crippen LogP contribution in [0.5, 0.6) is 0 Å². The van der Waals surface area contributed by atoms with Crippen molar-refractivity contribution in [1.82, 2.24) is 5.43 Å². The Morgan fingerprint density at radius 2 is 1.46 bits per heavy atom. The molecule has 2 N–H and O–H groups in total. The second kappa shape index (κ2) is 10.8. The predicted octanol–water partition coefficient (Wildman–Crippen LogP) is 4.12. The standard InChI is InChI=1S/C21H25N3O2/c1-2-3-14-19(17-10-6-4-7-11-17)23-24-21(26)16-15-20(25)22-18-12-8-5-9-13-18/h4-13H,2-3,14-16H2,1H3,(H,22,25)(H,24,26)/b23-19-. The van der Waals surface area contributed by atoms with Gasteiger partial charge >= 0.3 is 0 Å². The molecule has 26 heavy (non-hydrogen) atoms. The van der Waals surface area contributed by atoms with E-state index < -0.39 is 0 Å². The Morgan fingerprint density at radius 1 is 0.846 bits per heavy atom. The van der Waals surface area contributed by atoms with Gasteiger partial charge in [0.05, 0.1) is 5.71 Å². The molecule has 5 nitrogen and oxygen atoms in total. The molecular weight excluding hydrogens is 326 g/mol. The molecule has 2 rings (SSSR count). The molecule has 2 amide bonds. The Bertz CT molecular complexity index is 727. The molecular formula is C21H25N3O2. The molecule has 0 spiro atoms. The van der Waals surface area contributed by atoms with Crippen molar-refractivity contribution in [1.29, 1.82) is 0 Å². The minimum Gasteiger partial charge on any atom is -0.326 e. The van der Waals surface area contributed by atoms with Gasteiger partial charge in [0, 0.05) is 18.5 Å². The lowest BCUT2D eigenvalue weighted by Gasteiger charge is -2.07. The van der Waals surface area contributed by atoms with Gasteiger partial charge in [0.15, 0.2) is 0 Å². The fourth-order valence-corrected chi connectivity index (χ4v) is 2.40. The van der Waals surface area contributed by atoms with Crippen LogP contribution in [0, 0.1) is 0 Å². The van der Waals surface area contributed by atoms with E-state index in [1.807, 2.05) is 60.7 Å². The molecule has 0 fully saturated rings. The first kappa shape index (κ1) is 19.4. The van der Waals surface area contributed by atoms with Crippen LogP contribution >= 0.6 is 0 Å². The van der Waals surface area contributed by atoms with Crippen LogP contribution in [0.2, 0.25) is 0 Å². The van der Waals surface area contributed by atoms with Crippen LogP contribution in [0.15, 0.2) is 65.8 Å². The van der Waals surface area contributed by atoms with Crippen molar-refractivity contribution >= 4 is 23.2 Å². The summed E-state index contributed by atoms with van der Waals surface area (Å²) in [6, 6.07) is 19.0. The van der Waals surface area contributed by atoms with E-state index in [2.05, 4.69) is 22.8 Å². The van der Waals surface area contributed by atoms with Gasteiger partial charge in [-0.2, -0.15) is 5.10 Å². The van der Waals surface area contributed by atoms with Crippen molar-refractivity contribution in [3.05, 3.63) is 66.2 Å². The van der Waals surface area contributed by atoms with Gasteiger partial charge < -0.3 is 5.32 Å². The van der Waals surface area contributed by atoms with Crippen molar-refractivity contribution < 1.29 is 9.59 Å². The van der Waals surface area contributed by atoms with Crippen LogP contribution in [0.25, 0.3) is 0 Å². The number of anilines is 1. The van der Waals surface area contributed by atoms with Crippen molar-refractivity contribution in [2.75, 3.05) is 5.32 Å². The van der Waals surface area contributed by atoms with E-state index in [9.17, 15) is 9.59 Å². The van der Waals surface area contributed by atoms with Crippen molar-refractivity contribution in [2.24, 2.45) is 5.10 Å². The quantitative estimate of drug-likeness (QED) is 0.527. The first-order valence-electron chi connectivity index (χ1n) is 8.94. The number of para-hydroxylation sites is 1. The highest BCUT2D eigenvalue weighted by Crippen LogP contribution is 2.08. The number of nitrogens with zero attached hydrogens (tertiary/aromatic N) is 1. The Labute approximate surface area is 154 Å². The van der Waals surface area contributed by atoms with E-state index in [1.165, 1.54) is 0 Å². The predicted molar refractivity (Wildman–Crippen MR) is 105 cm³/mol. The van der Waals surface area contributed by atoms with E-state index in [-0.39, 0.29) is 24.7 Å². The van der Waals surface area contributed by atoms with Gasteiger partial charge in [0.1, 0.15) is 0 Å². The fraction of sp³-hybridized carbons (Fsp3) is 0.286. The number of carbonyl (C=O) groups is 2. The number of carbonyl (C=O) groups excluding carboxylic acids is 2. The number of hydrazone groups is 1. The summed E-state index contributed by atoms with van der Waals surface area (Å²) in [4.78, 5) is 23.9. The topological polar surface area (TPSA) is 70.6 Å². The SMILES string of the molecule is CCCC/C(=N/NC(=O)CCC(=O)Nc1ccccc1)c1ccccc1. The summed E-state index contributed by atoms with van der Waals surface area (Å²) in [5.74, 6) is -0.456. The normalized spacial score (nSPS) is 11.0. The third kappa shape index (κ3) is 6.89. The number of amides is 2. The van der Waals surface area contributed by atoms with E-state index in [0.29, 0.717) is 0 Å². The summed E-state index contributed by atoms with van der Waals surface area (Å²) in [5.41, 5.74) is 5.16. The smallest absolute Gasteiger partial charge is 0.240 e. The fourth-order valence-electron chi connectivity index (χ4n) is 2.40. The molecule has 0 aliphatic carbocycles. The maximum atomic E-state index is 12.0. The zero-order chi connectivity index (χ0) is 18.6. The van der Waals surface area contributed by atoms with Crippen LogP contribution < -0.4 is 10.7 Å². The third-order valence-electron chi connectivity index (χ3n) is 3.83. The molecule has 0 radical (unpaired) electrons. The van der Waals surface area contributed by atoms with Gasteiger partial charge in [-0.15, -0.1) is 0 Å². The molecule has 2 aromatic rings. The molecule has 5 heteroatoms. The summed E-state index contributed by atoms with van der Waals surface area (Å²) < 4.78 is 0. The largest absolute Gasteiger partial charge is 0.326 e. The summed E-state index contributed by atoms with van der Waals surface area (Å²) in [5, 5.41) is 7.04. The molecule has 0 atom stereocenters. The average molecular weight is 351 g/mol. The minimum absolute atomic E-state index is 0.0953. The summed E-state index contributed by atoms with van der Waals surface area (Å²) >= 11 is 0. The van der Waals surface area contributed by atoms with Crippen molar-refractivity contribution in [3.63, 3.8) is 0 Å². The maximum Gasteiger partial charge on any atom is 0.240 e. The number of rotatable bonds is 9. The monoisotopic (exact) mass is 351 g/mol. The first-order valence-corrected chi connectivity index (χ1v) is 8.94. The van der Waals surface area contributed by atoms with Gasteiger partial charge in [-0.05, 0) is 30.5 Å². The molecule has 0 unspecified atom stereocenters. The number of nitrogens with one attached hydrogen (secondary N) is 2. The molecule has 0 bridgehead atoms. The van der Waals surface area contributed by atoms with Gasteiger partial charge in [-0.1, -0.05) is 61.9 Å². The molecule has 0 aliphatic rings. The van der Waals surface area contributed by atoms with Crippen LogP contribution in [-0.2, 0) is 9.59 Å². The number of unbranched alkanes of at least 4 members (excludes halogenated alkanes) is 1. The highest BCUT2D eigenvalue weighted by atomic mass is 16.2. The highest BCUT2D eigenvalue weighted by Gasteiger charge is 2.08. The van der Waals surface area contributed by atoms with Crippen LogP contribution in [0.4, 0.5) is 5.69 Å². The third-order valence-corrected chi connectivity index (χ3v) is 3.83. The highest BCUT2D eigenvalue weighted by molar-refractivity contribution is 6.01. The minimum atomic E-state index is -0.266. The average Bonchev–Trinajstić information content (AvgIpc) is 2.68. The van der Waals surface area contributed by atoms with Crippen molar-refractivity contribution in [3.8, 4) is 0 Å². The van der Waals surface area contributed by atoms with Gasteiger partial charge in [0.2, 0.25) is 11.8 Å². The number of hydrogen-bond donors (Lipinski definition) is 2. The first-order chi connectivity index (χ1) is 12.7. The Balaban J connectivity index is 1.84. The molecule has 0 aromatic heterocycles. The molecule has 136 valence electrons. The van der Waals surface area contributed by atoms with Crippen LogP contribution in [-0.4, -0.2) is 17.5 Å². The molecule has 0 aliphatic heterocycles. The summed E-state index contributed by atoms with van der Waals surface area (Å²) in [6.45, 7) is 2.12. The summed E-state index contributed by atoms with van der Waals surface area (Å²) in [7, 11) is 0.